The van der Waals surface area contributed by atoms with E-state index >= 15 is 0 Å². The van der Waals surface area contributed by atoms with Crippen molar-refractivity contribution in [2.45, 2.75) is 25.1 Å². The SMILES string of the molecule is O=C1C2CC(CN2C(=O)c2ccc3c(c2)OCO3)Oc2ccccc2N1Cc1ccccc1. The molecular weight excluding hydrogens is 420 g/mol. The molecule has 7 nitrogen and oxygen atoms in total. The first-order valence-corrected chi connectivity index (χ1v) is 11.0. The summed E-state index contributed by atoms with van der Waals surface area (Å²) in [6.45, 7) is 0.880. The fourth-order valence-corrected chi connectivity index (χ4v) is 4.72. The summed E-state index contributed by atoms with van der Waals surface area (Å²) in [5.74, 6) is 1.49. The number of carbonyl (C=O) groups is 2. The molecule has 0 aliphatic carbocycles. The van der Waals surface area contributed by atoms with Gasteiger partial charge in [-0.15, -0.1) is 0 Å². The number of para-hydroxylation sites is 2. The third-order valence-electron chi connectivity index (χ3n) is 6.33. The van der Waals surface area contributed by atoms with Crippen LogP contribution in [0.4, 0.5) is 5.69 Å². The van der Waals surface area contributed by atoms with Gasteiger partial charge in [0, 0.05) is 12.0 Å². The number of fused-ring (bicyclic) bond motifs is 4. The van der Waals surface area contributed by atoms with Crippen LogP contribution in [0.1, 0.15) is 22.3 Å². The third-order valence-corrected chi connectivity index (χ3v) is 6.33. The molecule has 2 bridgehead atoms. The summed E-state index contributed by atoms with van der Waals surface area (Å²) >= 11 is 0. The van der Waals surface area contributed by atoms with Gasteiger partial charge in [0.05, 0.1) is 18.8 Å². The first kappa shape index (κ1) is 19.7. The summed E-state index contributed by atoms with van der Waals surface area (Å²) in [7, 11) is 0. The van der Waals surface area contributed by atoms with Gasteiger partial charge in [0.1, 0.15) is 17.9 Å². The van der Waals surface area contributed by atoms with Crippen LogP contribution in [0.25, 0.3) is 0 Å². The molecule has 3 aromatic rings. The standard InChI is InChI=1S/C26H22N2O5/c29-25(18-10-11-23-24(12-18)32-16-31-23)28-15-19-13-21(28)26(30)27(14-17-6-2-1-3-7-17)20-8-4-5-9-22(20)33-19/h1-12,19,21H,13-16H2. The Labute approximate surface area is 191 Å². The molecular formula is C26H22N2O5. The third kappa shape index (κ3) is 3.46. The van der Waals surface area contributed by atoms with Gasteiger partial charge in [-0.05, 0) is 35.9 Å². The predicted molar refractivity (Wildman–Crippen MR) is 120 cm³/mol. The molecule has 1 fully saturated rings. The van der Waals surface area contributed by atoms with Crippen molar-refractivity contribution in [2.75, 3.05) is 18.2 Å². The van der Waals surface area contributed by atoms with Crippen molar-refractivity contribution >= 4 is 17.5 Å². The van der Waals surface area contributed by atoms with Crippen LogP contribution < -0.4 is 19.1 Å². The fourth-order valence-electron chi connectivity index (χ4n) is 4.72. The molecule has 2 unspecified atom stereocenters. The van der Waals surface area contributed by atoms with E-state index < -0.39 is 6.04 Å². The van der Waals surface area contributed by atoms with Gasteiger partial charge in [0.25, 0.3) is 5.91 Å². The molecule has 1 saturated heterocycles. The minimum atomic E-state index is -0.606. The van der Waals surface area contributed by atoms with Gasteiger partial charge >= 0.3 is 0 Å². The fraction of sp³-hybridized carbons (Fsp3) is 0.231. The Hall–Kier alpha value is -4.00. The molecule has 3 aliphatic heterocycles. The molecule has 3 heterocycles. The summed E-state index contributed by atoms with van der Waals surface area (Å²) in [6.07, 6.45) is 0.200. The van der Waals surface area contributed by atoms with Gasteiger partial charge in [-0.1, -0.05) is 42.5 Å². The molecule has 0 spiro atoms. The predicted octanol–water partition coefficient (Wildman–Crippen LogP) is 3.62. The molecule has 2 amide bonds. The number of hydrogen-bond donors (Lipinski definition) is 0. The largest absolute Gasteiger partial charge is 0.486 e. The molecule has 0 saturated carbocycles. The highest BCUT2D eigenvalue weighted by Gasteiger charge is 2.45. The van der Waals surface area contributed by atoms with Gasteiger partial charge in [-0.25, -0.2) is 0 Å². The van der Waals surface area contributed by atoms with Crippen LogP contribution in [0.15, 0.2) is 72.8 Å². The van der Waals surface area contributed by atoms with Crippen LogP contribution in [-0.2, 0) is 11.3 Å². The average Bonchev–Trinajstić information content (AvgIpc) is 3.49. The maximum Gasteiger partial charge on any atom is 0.254 e. The van der Waals surface area contributed by atoms with Crippen molar-refractivity contribution in [1.29, 1.82) is 0 Å². The maximum atomic E-state index is 13.9. The van der Waals surface area contributed by atoms with Crippen LogP contribution in [0, 0.1) is 0 Å². The van der Waals surface area contributed by atoms with E-state index in [1.54, 1.807) is 28.0 Å². The zero-order chi connectivity index (χ0) is 22.4. The Morgan fingerprint density at radius 2 is 1.70 bits per heavy atom. The monoisotopic (exact) mass is 442 g/mol. The van der Waals surface area contributed by atoms with Gasteiger partial charge in [0.2, 0.25) is 12.7 Å². The van der Waals surface area contributed by atoms with Crippen LogP contribution in [-0.4, -0.2) is 42.2 Å². The van der Waals surface area contributed by atoms with E-state index in [0.29, 0.717) is 42.3 Å². The van der Waals surface area contributed by atoms with Crippen molar-refractivity contribution in [1.82, 2.24) is 4.90 Å². The van der Waals surface area contributed by atoms with E-state index in [9.17, 15) is 9.59 Å². The minimum Gasteiger partial charge on any atom is -0.486 e. The minimum absolute atomic E-state index is 0.105. The molecule has 166 valence electrons. The van der Waals surface area contributed by atoms with E-state index in [4.69, 9.17) is 14.2 Å². The molecule has 0 N–H and O–H groups in total. The first-order valence-electron chi connectivity index (χ1n) is 11.0. The number of carbonyl (C=O) groups excluding carboxylic acids is 2. The summed E-state index contributed by atoms with van der Waals surface area (Å²) in [6, 6.07) is 21.9. The van der Waals surface area contributed by atoms with Gasteiger partial charge in [-0.2, -0.15) is 0 Å². The Bertz CT molecular complexity index is 1230. The summed E-state index contributed by atoms with van der Waals surface area (Å²) in [4.78, 5) is 30.8. The second kappa shape index (κ2) is 7.85. The van der Waals surface area contributed by atoms with Crippen LogP contribution in [0.2, 0.25) is 0 Å². The number of amides is 2. The normalized spacial score (nSPS) is 20.7. The van der Waals surface area contributed by atoms with Crippen molar-refractivity contribution in [3.8, 4) is 17.2 Å². The van der Waals surface area contributed by atoms with Crippen molar-refractivity contribution in [2.24, 2.45) is 0 Å². The molecule has 7 heteroatoms. The quantitative estimate of drug-likeness (QED) is 0.620. The summed E-state index contributed by atoms with van der Waals surface area (Å²) < 4.78 is 17.1. The van der Waals surface area contributed by atoms with Crippen LogP contribution in [0.3, 0.4) is 0 Å². The summed E-state index contributed by atoms with van der Waals surface area (Å²) in [5.41, 5.74) is 2.19. The van der Waals surface area contributed by atoms with Crippen molar-refractivity contribution < 1.29 is 23.8 Å². The van der Waals surface area contributed by atoms with E-state index in [2.05, 4.69) is 0 Å². The van der Waals surface area contributed by atoms with Gasteiger partial charge < -0.3 is 24.0 Å². The zero-order valence-electron chi connectivity index (χ0n) is 17.8. The number of ether oxygens (including phenoxy) is 3. The second-order valence-corrected chi connectivity index (χ2v) is 8.39. The van der Waals surface area contributed by atoms with E-state index in [1.165, 1.54) is 0 Å². The lowest BCUT2D eigenvalue weighted by atomic mass is 10.1. The lowest BCUT2D eigenvalue weighted by Crippen LogP contribution is -2.47. The maximum absolute atomic E-state index is 13.9. The highest BCUT2D eigenvalue weighted by Crippen LogP contribution is 2.38. The van der Waals surface area contributed by atoms with Gasteiger partial charge in [-0.3, -0.25) is 9.59 Å². The molecule has 3 aliphatic rings. The number of likely N-dealkylation sites (tertiary alicyclic amines) is 1. The summed E-state index contributed by atoms with van der Waals surface area (Å²) in [5, 5.41) is 0. The highest BCUT2D eigenvalue weighted by molar-refractivity contribution is 6.04. The molecule has 2 atom stereocenters. The van der Waals surface area contributed by atoms with Crippen molar-refractivity contribution in [3.63, 3.8) is 0 Å². The molecule has 0 aromatic heterocycles. The lowest BCUT2D eigenvalue weighted by Gasteiger charge is -2.32. The number of nitrogens with zero attached hydrogens (tertiary/aromatic N) is 2. The number of anilines is 1. The lowest BCUT2D eigenvalue weighted by molar-refractivity contribution is -0.122. The zero-order valence-corrected chi connectivity index (χ0v) is 17.8. The molecule has 0 radical (unpaired) electrons. The Kier molecular flexibility index (Phi) is 4.68. The topological polar surface area (TPSA) is 68.3 Å². The Morgan fingerprint density at radius 3 is 2.58 bits per heavy atom. The number of benzene rings is 3. The van der Waals surface area contributed by atoms with E-state index in [0.717, 1.165) is 11.3 Å². The van der Waals surface area contributed by atoms with Gasteiger partial charge in [0.15, 0.2) is 11.5 Å². The first-order chi connectivity index (χ1) is 16.2. The second-order valence-electron chi connectivity index (χ2n) is 8.39. The molecule has 3 aromatic carbocycles. The number of rotatable bonds is 3. The molecule has 33 heavy (non-hydrogen) atoms. The van der Waals surface area contributed by atoms with Crippen LogP contribution >= 0.6 is 0 Å². The smallest absolute Gasteiger partial charge is 0.254 e. The van der Waals surface area contributed by atoms with Crippen molar-refractivity contribution in [3.05, 3.63) is 83.9 Å². The Balaban J connectivity index is 1.35. The van der Waals surface area contributed by atoms with E-state index in [1.807, 2.05) is 54.6 Å². The van der Waals surface area contributed by atoms with Crippen LogP contribution in [0.5, 0.6) is 17.2 Å². The average molecular weight is 442 g/mol. The highest BCUT2D eigenvalue weighted by atomic mass is 16.7. The number of hydrogen-bond acceptors (Lipinski definition) is 5. The van der Waals surface area contributed by atoms with E-state index in [-0.39, 0.29) is 24.7 Å². The molecule has 6 rings (SSSR count). The Morgan fingerprint density at radius 1 is 0.909 bits per heavy atom.